The molecule has 1 aliphatic carbocycles. The molecule has 2 aliphatic rings. The summed E-state index contributed by atoms with van der Waals surface area (Å²) >= 11 is 0. The van der Waals surface area contributed by atoms with E-state index in [2.05, 4.69) is 32.1 Å². The van der Waals surface area contributed by atoms with Gasteiger partial charge in [-0.2, -0.15) is 0 Å². The van der Waals surface area contributed by atoms with Crippen LogP contribution >= 0.6 is 0 Å². The van der Waals surface area contributed by atoms with Crippen molar-refractivity contribution < 1.29 is 9.18 Å². The van der Waals surface area contributed by atoms with Crippen LogP contribution in [0.3, 0.4) is 0 Å². The van der Waals surface area contributed by atoms with Crippen LogP contribution < -0.4 is 5.32 Å². The van der Waals surface area contributed by atoms with E-state index in [-0.39, 0.29) is 11.6 Å². The number of nitrogens with zero attached hydrogens (tertiary/aromatic N) is 6. The van der Waals surface area contributed by atoms with Crippen LogP contribution in [-0.2, 0) is 6.42 Å². The van der Waals surface area contributed by atoms with Crippen molar-refractivity contribution in [3.05, 3.63) is 84.0 Å². The van der Waals surface area contributed by atoms with E-state index in [9.17, 15) is 9.18 Å². The molecule has 4 aromatic rings. The van der Waals surface area contributed by atoms with Crippen LogP contribution in [0.15, 0.2) is 55.5 Å². The molecular formula is C26H24FN7O. The number of aryl methyl sites for hydroxylation is 2. The van der Waals surface area contributed by atoms with E-state index < -0.39 is 11.7 Å². The Morgan fingerprint density at radius 2 is 2.09 bits per heavy atom. The van der Waals surface area contributed by atoms with Crippen LogP contribution in [0.25, 0.3) is 17.2 Å². The van der Waals surface area contributed by atoms with E-state index in [4.69, 9.17) is 0 Å². The van der Waals surface area contributed by atoms with Gasteiger partial charge in [-0.15, -0.1) is 16.8 Å². The quantitative estimate of drug-likeness (QED) is 0.411. The summed E-state index contributed by atoms with van der Waals surface area (Å²) in [7, 11) is 0. The van der Waals surface area contributed by atoms with Gasteiger partial charge >= 0.3 is 0 Å². The van der Waals surface area contributed by atoms with Gasteiger partial charge < -0.3 is 14.5 Å². The van der Waals surface area contributed by atoms with Crippen molar-refractivity contribution in [1.29, 1.82) is 0 Å². The minimum absolute atomic E-state index is 0.0606. The SMILES string of the molecule is C=C[C@H]1CCc2nnc(-c3cccc(NC(=O)c4cc(-n5cnc(C6CC6)c5)c(C)cc4F)n3)n21. The zero-order valence-corrected chi connectivity index (χ0v) is 19.3. The second-order valence-corrected chi connectivity index (χ2v) is 9.11. The van der Waals surface area contributed by atoms with Gasteiger partial charge in [-0.3, -0.25) is 4.79 Å². The molecule has 1 aromatic carbocycles. The molecule has 0 bridgehead atoms. The zero-order chi connectivity index (χ0) is 24.1. The maximum atomic E-state index is 14.8. The van der Waals surface area contributed by atoms with E-state index >= 15 is 0 Å². The molecule has 1 saturated carbocycles. The average Bonchev–Trinajstić information content (AvgIpc) is 3.25. The van der Waals surface area contributed by atoms with Gasteiger partial charge in [0, 0.05) is 18.5 Å². The summed E-state index contributed by atoms with van der Waals surface area (Å²) in [4.78, 5) is 22.1. The number of benzene rings is 1. The molecule has 1 fully saturated rings. The molecule has 1 amide bonds. The van der Waals surface area contributed by atoms with Crippen LogP contribution in [0, 0.1) is 12.7 Å². The fraction of sp³-hybridized carbons (Fsp3) is 0.269. The molecule has 176 valence electrons. The molecule has 8 nitrogen and oxygen atoms in total. The molecule has 35 heavy (non-hydrogen) atoms. The highest BCUT2D eigenvalue weighted by Gasteiger charge is 2.27. The highest BCUT2D eigenvalue weighted by molar-refractivity contribution is 6.04. The Hall–Kier alpha value is -4.14. The number of hydrogen-bond acceptors (Lipinski definition) is 5. The molecule has 1 N–H and O–H groups in total. The Morgan fingerprint density at radius 3 is 2.89 bits per heavy atom. The second kappa shape index (κ2) is 8.26. The van der Waals surface area contributed by atoms with Crippen molar-refractivity contribution in [2.24, 2.45) is 0 Å². The number of nitrogens with one attached hydrogen (secondary N) is 1. The Bertz CT molecular complexity index is 1470. The molecule has 0 unspecified atom stereocenters. The third kappa shape index (κ3) is 3.82. The van der Waals surface area contributed by atoms with Crippen molar-refractivity contribution >= 4 is 11.7 Å². The molecule has 1 atom stereocenters. The predicted octanol–water partition coefficient (Wildman–Crippen LogP) is 4.78. The Balaban J connectivity index is 1.28. The van der Waals surface area contributed by atoms with Crippen molar-refractivity contribution in [2.45, 2.75) is 44.6 Å². The summed E-state index contributed by atoms with van der Waals surface area (Å²) in [6, 6.07) is 8.30. The first-order valence-electron chi connectivity index (χ1n) is 11.7. The number of aromatic nitrogens is 6. The number of rotatable bonds is 6. The summed E-state index contributed by atoms with van der Waals surface area (Å²) in [5, 5.41) is 11.3. The van der Waals surface area contributed by atoms with Gasteiger partial charge in [0.25, 0.3) is 5.91 Å². The second-order valence-electron chi connectivity index (χ2n) is 9.11. The topological polar surface area (TPSA) is 90.5 Å². The van der Waals surface area contributed by atoms with E-state index in [0.29, 0.717) is 28.9 Å². The van der Waals surface area contributed by atoms with E-state index in [1.165, 1.54) is 6.07 Å². The maximum Gasteiger partial charge on any atom is 0.259 e. The lowest BCUT2D eigenvalue weighted by Gasteiger charge is -2.12. The summed E-state index contributed by atoms with van der Waals surface area (Å²) in [5.41, 5.74) is 2.98. The first-order chi connectivity index (χ1) is 17.0. The monoisotopic (exact) mass is 469 g/mol. The number of imidazole rings is 1. The molecular weight excluding hydrogens is 445 g/mol. The Labute approximate surface area is 201 Å². The fourth-order valence-electron chi connectivity index (χ4n) is 4.63. The van der Waals surface area contributed by atoms with Crippen molar-refractivity contribution in [2.75, 3.05) is 5.32 Å². The van der Waals surface area contributed by atoms with Gasteiger partial charge in [0.2, 0.25) is 0 Å². The van der Waals surface area contributed by atoms with Gasteiger partial charge in [-0.25, -0.2) is 14.4 Å². The van der Waals surface area contributed by atoms with Gasteiger partial charge in [0.15, 0.2) is 5.82 Å². The molecule has 1 aliphatic heterocycles. The van der Waals surface area contributed by atoms with Crippen molar-refractivity contribution in [3.63, 3.8) is 0 Å². The number of allylic oxidation sites excluding steroid dienone is 1. The van der Waals surface area contributed by atoms with Gasteiger partial charge in [0.1, 0.15) is 23.2 Å². The van der Waals surface area contributed by atoms with E-state index in [0.717, 1.165) is 42.8 Å². The number of halogens is 1. The van der Waals surface area contributed by atoms with E-state index in [1.54, 1.807) is 24.5 Å². The Morgan fingerprint density at radius 1 is 1.23 bits per heavy atom. The standard InChI is InChI=1S/C26H24FN7O/c1-3-17-9-10-24-31-32-25(34(17)24)20-5-4-6-23(29-20)30-26(35)18-12-22(15(2)11-19(18)27)33-13-21(28-14-33)16-7-8-16/h3-6,11-14,16-17H,1,7-10H2,2H3,(H,29,30,35)/t17-/m0/s1. The highest BCUT2D eigenvalue weighted by atomic mass is 19.1. The predicted molar refractivity (Wildman–Crippen MR) is 129 cm³/mol. The number of anilines is 1. The lowest BCUT2D eigenvalue weighted by Crippen LogP contribution is -2.16. The Kier molecular flexibility index (Phi) is 5.05. The minimum atomic E-state index is -0.591. The van der Waals surface area contributed by atoms with Crippen molar-refractivity contribution in [1.82, 2.24) is 29.3 Å². The largest absolute Gasteiger partial charge is 0.306 e. The third-order valence-corrected chi connectivity index (χ3v) is 6.66. The molecule has 0 saturated heterocycles. The summed E-state index contributed by atoms with van der Waals surface area (Å²) in [6.07, 6.45) is 9.59. The number of pyridine rings is 1. The fourth-order valence-corrected chi connectivity index (χ4v) is 4.63. The first kappa shape index (κ1) is 21.4. The maximum absolute atomic E-state index is 14.8. The molecule has 6 rings (SSSR count). The lowest BCUT2D eigenvalue weighted by atomic mass is 10.1. The number of hydrogen-bond donors (Lipinski definition) is 1. The normalized spacial score (nSPS) is 16.8. The zero-order valence-electron chi connectivity index (χ0n) is 19.3. The minimum Gasteiger partial charge on any atom is -0.306 e. The molecule has 0 spiro atoms. The lowest BCUT2D eigenvalue weighted by molar-refractivity contribution is 0.102. The van der Waals surface area contributed by atoms with Gasteiger partial charge in [-0.05, 0) is 56.0 Å². The van der Waals surface area contributed by atoms with Crippen LogP contribution in [0.5, 0.6) is 0 Å². The summed E-state index contributed by atoms with van der Waals surface area (Å²) in [6.45, 7) is 5.72. The number of carbonyl (C=O) groups is 1. The van der Waals surface area contributed by atoms with E-state index in [1.807, 2.05) is 34.4 Å². The molecule has 4 heterocycles. The smallest absolute Gasteiger partial charge is 0.259 e. The van der Waals surface area contributed by atoms with Crippen molar-refractivity contribution in [3.8, 4) is 17.2 Å². The molecule has 9 heteroatoms. The van der Waals surface area contributed by atoms with Crippen LogP contribution in [0.4, 0.5) is 10.2 Å². The number of fused-ring (bicyclic) bond motifs is 1. The molecule has 0 radical (unpaired) electrons. The third-order valence-electron chi connectivity index (χ3n) is 6.66. The number of amides is 1. The van der Waals surface area contributed by atoms with Crippen LogP contribution in [0.1, 0.15) is 58.7 Å². The van der Waals surface area contributed by atoms with Gasteiger partial charge in [0.05, 0.1) is 29.3 Å². The van der Waals surface area contributed by atoms with Gasteiger partial charge in [-0.1, -0.05) is 12.1 Å². The van der Waals surface area contributed by atoms with Crippen LogP contribution in [-0.4, -0.2) is 35.2 Å². The van der Waals surface area contributed by atoms with Crippen LogP contribution in [0.2, 0.25) is 0 Å². The summed E-state index contributed by atoms with van der Waals surface area (Å²) in [5.74, 6) is 1.15. The molecule has 3 aromatic heterocycles. The first-order valence-corrected chi connectivity index (χ1v) is 11.7. The highest BCUT2D eigenvalue weighted by Crippen LogP contribution is 2.39. The average molecular weight is 470 g/mol. The number of carbonyl (C=O) groups excluding carboxylic acids is 1. The summed E-state index contributed by atoms with van der Waals surface area (Å²) < 4.78 is 18.7.